The second-order valence-electron chi connectivity index (χ2n) is 4.38. The van der Waals surface area contributed by atoms with E-state index in [1.54, 1.807) is 0 Å². The van der Waals surface area contributed by atoms with Crippen molar-refractivity contribution in [2.75, 3.05) is 0 Å². The first-order valence-corrected chi connectivity index (χ1v) is 6.11. The number of hydrogen-bond acceptors (Lipinski definition) is 2. The van der Waals surface area contributed by atoms with Crippen LogP contribution in [0.3, 0.4) is 0 Å². The molecule has 2 nitrogen and oxygen atoms in total. The minimum absolute atomic E-state index is 0.0741. The number of aldehydes is 1. The predicted molar refractivity (Wildman–Crippen MR) is 73.3 cm³/mol. The number of hydrogen-bond donors (Lipinski definition) is 1. The van der Waals surface area contributed by atoms with Gasteiger partial charge in [0, 0.05) is 12.5 Å². The maximum Gasteiger partial charge on any atom is 0.127 e. The van der Waals surface area contributed by atoms with Crippen LogP contribution in [0.5, 0.6) is 0 Å². The Hall–Kier alpha value is -1.93. The zero-order chi connectivity index (χ0) is 12.8. The van der Waals surface area contributed by atoms with Gasteiger partial charge >= 0.3 is 0 Å². The molecule has 2 aromatic rings. The maximum atomic E-state index is 11.2. The fourth-order valence-corrected chi connectivity index (χ4v) is 2.01. The van der Waals surface area contributed by atoms with E-state index in [1.165, 1.54) is 0 Å². The third kappa shape index (κ3) is 3.05. The number of benzene rings is 2. The van der Waals surface area contributed by atoms with Crippen LogP contribution in [0.25, 0.3) is 0 Å². The van der Waals surface area contributed by atoms with E-state index in [1.807, 2.05) is 54.6 Å². The first kappa shape index (κ1) is 12.5. The highest BCUT2D eigenvalue weighted by molar-refractivity contribution is 5.62. The lowest BCUT2D eigenvalue weighted by Crippen LogP contribution is -2.04. The van der Waals surface area contributed by atoms with Gasteiger partial charge in [-0.15, -0.1) is 0 Å². The van der Waals surface area contributed by atoms with Gasteiger partial charge in [0.05, 0.1) is 0 Å². The Kier molecular flexibility index (Phi) is 4.26. The van der Waals surface area contributed by atoms with Crippen molar-refractivity contribution >= 4 is 6.29 Å². The second kappa shape index (κ2) is 6.12. The lowest BCUT2D eigenvalue weighted by atomic mass is 9.93. The van der Waals surface area contributed by atoms with Crippen molar-refractivity contribution in [1.29, 1.82) is 0 Å². The van der Waals surface area contributed by atoms with Crippen LogP contribution in [-0.4, -0.2) is 6.29 Å². The van der Waals surface area contributed by atoms with Crippen molar-refractivity contribution in [1.82, 2.24) is 0 Å². The van der Waals surface area contributed by atoms with E-state index in [0.717, 1.165) is 29.4 Å². The van der Waals surface area contributed by atoms with E-state index in [2.05, 4.69) is 0 Å². The quantitative estimate of drug-likeness (QED) is 0.815. The largest absolute Gasteiger partial charge is 0.326 e. The molecule has 1 atom stereocenters. The van der Waals surface area contributed by atoms with Gasteiger partial charge in [-0.05, 0) is 23.1 Å². The molecule has 0 saturated heterocycles. The van der Waals surface area contributed by atoms with Crippen molar-refractivity contribution in [2.45, 2.75) is 18.9 Å². The van der Waals surface area contributed by atoms with Crippen LogP contribution in [0.2, 0.25) is 0 Å². The minimum Gasteiger partial charge on any atom is -0.326 e. The molecule has 92 valence electrons. The standard InChI is InChI=1S/C16H17NO/c17-11-14-8-6-13(7-9-14)10-16(12-18)15-4-2-1-3-5-15/h1-9,12,16H,10-11,17H2. The minimum atomic E-state index is -0.0741. The number of carbonyl (C=O) groups is 1. The number of carbonyl (C=O) groups excluding carboxylic acids is 1. The summed E-state index contributed by atoms with van der Waals surface area (Å²) in [6.45, 7) is 0.552. The molecule has 0 bridgehead atoms. The van der Waals surface area contributed by atoms with E-state index in [0.29, 0.717) is 6.54 Å². The number of nitrogens with two attached hydrogens (primary N) is 1. The highest BCUT2D eigenvalue weighted by Crippen LogP contribution is 2.19. The summed E-state index contributed by atoms with van der Waals surface area (Å²) in [6.07, 6.45) is 1.75. The molecule has 2 heteroatoms. The van der Waals surface area contributed by atoms with Gasteiger partial charge in [-0.1, -0.05) is 54.6 Å². The Labute approximate surface area is 107 Å². The molecule has 0 aliphatic heterocycles. The average Bonchev–Trinajstić information content (AvgIpc) is 2.46. The molecule has 1 unspecified atom stereocenters. The highest BCUT2D eigenvalue weighted by atomic mass is 16.1. The van der Waals surface area contributed by atoms with Crippen LogP contribution < -0.4 is 5.73 Å². The van der Waals surface area contributed by atoms with E-state index < -0.39 is 0 Å². The molecule has 0 aromatic heterocycles. The van der Waals surface area contributed by atoms with Crippen LogP contribution in [0, 0.1) is 0 Å². The highest BCUT2D eigenvalue weighted by Gasteiger charge is 2.10. The van der Waals surface area contributed by atoms with Crippen molar-refractivity contribution in [2.24, 2.45) is 5.73 Å². The predicted octanol–water partition coefficient (Wildman–Crippen LogP) is 2.67. The van der Waals surface area contributed by atoms with E-state index in [9.17, 15) is 4.79 Å². The van der Waals surface area contributed by atoms with Gasteiger partial charge in [0.2, 0.25) is 0 Å². The van der Waals surface area contributed by atoms with Gasteiger partial charge in [0.15, 0.2) is 0 Å². The van der Waals surface area contributed by atoms with E-state index >= 15 is 0 Å². The Morgan fingerprint density at radius 2 is 1.56 bits per heavy atom. The zero-order valence-electron chi connectivity index (χ0n) is 10.3. The SMILES string of the molecule is NCc1ccc(CC(C=O)c2ccccc2)cc1. The van der Waals surface area contributed by atoms with Crippen molar-refractivity contribution in [3.8, 4) is 0 Å². The topological polar surface area (TPSA) is 43.1 Å². The second-order valence-corrected chi connectivity index (χ2v) is 4.38. The summed E-state index contributed by atoms with van der Waals surface area (Å²) in [7, 11) is 0. The van der Waals surface area contributed by atoms with Crippen LogP contribution in [0.1, 0.15) is 22.6 Å². The first-order valence-electron chi connectivity index (χ1n) is 6.11. The maximum absolute atomic E-state index is 11.2. The third-order valence-electron chi connectivity index (χ3n) is 3.11. The van der Waals surface area contributed by atoms with Gasteiger partial charge in [-0.25, -0.2) is 0 Å². The summed E-state index contributed by atoms with van der Waals surface area (Å²) in [4.78, 5) is 11.2. The van der Waals surface area contributed by atoms with Gasteiger partial charge in [0.25, 0.3) is 0 Å². The van der Waals surface area contributed by atoms with E-state index in [-0.39, 0.29) is 5.92 Å². The van der Waals surface area contributed by atoms with Crippen molar-refractivity contribution < 1.29 is 4.79 Å². The number of rotatable bonds is 5. The lowest BCUT2D eigenvalue weighted by Gasteiger charge is -2.11. The zero-order valence-corrected chi connectivity index (χ0v) is 10.3. The Morgan fingerprint density at radius 3 is 2.11 bits per heavy atom. The molecule has 0 spiro atoms. The average molecular weight is 239 g/mol. The summed E-state index contributed by atoms with van der Waals surface area (Å²) >= 11 is 0. The normalized spacial score (nSPS) is 12.1. The van der Waals surface area contributed by atoms with Crippen molar-refractivity contribution in [3.63, 3.8) is 0 Å². The fraction of sp³-hybridized carbons (Fsp3) is 0.188. The molecular weight excluding hydrogens is 222 g/mol. The molecular formula is C16H17NO. The molecule has 18 heavy (non-hydrogen) atoms. The Balaban J connectivity index is 2.13. The summed E-state index contributed by atoms with van der Waals surface area (Å²) in [5, 5.41) is 0. The summed E-state index contributed by atoms with van der Waals surface area (Å²) in [5.41, 5.74) is 8.90. The van der Waals surface area contributed by atoms with Gasteiger partial charge < -0.3 is 10.5 Å². The Morgan fingerprint density at radius 1 is 0.944 bits per heavy atom. The van der Waals surface area contributed by atoms with Crippen LogP contribution in [0.4, 0.5) is 0 Å². The molecule has 2 rings (SSSR count). The van der Waals surface area contributed by atoms with Crippen LogP contribution >= 0.6 is 0 Å². The summed E-state index contributed by atoms with van der Waals surface area (Å²) in [5.74, 6) is -0.0741. The van der Waals surface area contributed by atoms with Crippen LogP contribution in [-0.2, 0) is 17.8 Å². The van der Waals surface area contributed by atoms with Gasteiger partial charge in [-0.2, -0.15) is 0 Å². The molecule has 0 fully saturated rings. The monoisotopic (exact) mass is 239 g/mol. The molecule has 2 N–H and O–H groups in total. The third-order valence-corrected chi connectivity index (χ3v) is 3.11. The molecule has 0 saturated carbocycles. The molecule has 2 aromatic carbocycles. The Bertz CT molecular complexity index is 490. The molecule has 0 aliphatic rings. The van der Waals surface area contributed by atoms with E-state index in [4.69, 9.17) is 5.73 Å². The molecule has 0 aliphatic carbocycles. The smallest absolute Gasteiger partial charge is 0.127 e. The summed E-state index contributed by atoms with van der Waals surface area (Å²) in [6, 6.07) is 18.0. The van der Waals surface area contributed by atoms with Crippen LogP contribution in [0.15, 0.2) is 54.6 Å². The first-order chi connectivity index (χ1) is 8.83. The fourth-order valence-electron chi connectivity index (χ4n) is 2.01. The van der Waals surface area contributed by atoms with Gasteiger partial charge in [-0.3, -0.25) is 0 Å². The lowest BCUT2D eigenvalue weighted by molar-refractivity contribution is -0.109. The summed E-state index contributed by atoms with van der Waals surface area (Å²) < 4.78 is 0. The van der Waals surface area contributed by atoms with Crippen molar-refractivity contribution in [3.05, 3.63) is 71.3 Å². The molecule has 0 radical (unpaired) electrons. The molecule has 0 amide bonds. The van der Waals surface area contributed by atoms with Gasteiger partial charge in [0.1, 0.15) is 6.29 Å². The molecule has 0 heterocycles.